The summed E-state index contributed by atoms with van der Waals surface area (Å²) in [6, 6.07) is 7.44. The van der Waals surface area contributed by atoms with Crippen LogP contribution in [0.4, 0.5) is 10.5 Å². The molecule has 0 radical (unpaired) electrons. The Kier molecular flexibility index (Phi) is 8.30. The van der Waals surface area contributed by atoms with Gasteiger partial charge < -0.3 is 15.4 Å². The normalized spacial score (nSPS) is 11.0. The minimum atomic E-state index is -0.505. The number of ether oxygens (including phenoxy) is 1. The van der Waals surface area contributed by atoms with Gasteiger partial charge in [0.1, 0.15) is 5.60 Å². The minimum Gasteiger partial charge on any atom is -0.444 e. The molecule has 5 nitrogen and oxygen atoms in total. The maximum absolute atomic E-state index is 11.8. The summed E-state index contributed by atoms with van der Waals surface area (Å²) < 4.78 is 5.18. The third kappa shape index (κ3) is 9.18. The number of unbranched alkanes of at least 4 members (excludes halogenated alkanes) is 3. The molecule has 1 rings (SSSR count). The van der Waals surface area contributed by atoms with E-state index in [1.807, 2.05) is 45.0 Å². The van der Waals surface area contributed by atoms with Gasteiger partial charge in [-0.2, -0.15) is 0 Å². The van der Waals surface area contributed by atoms with Gasteiger partial charge in [-0.05, 0) is 44.9 Å². The van der Waals surface area contributed by atoms with Crippen LogP contribution in [-0.4, -0.2) is 17.6 Å². The first-order chi connectivity index (χ1) is 11.3. The SMILES string of the molecule is CCCCCCC(=O)Nc1ccc(CNC(=O)OC(C)(C)C)cc1. The minimum absolute atomic E-state index is 0.0470. The van der Waals surface area contributed by atoms with E-state index in [1.165, 1.54) is 12.8 Å². The fraction of sp³-hybridized carbons (Fsp3) is 0.579. The molecule has 0 bridgehead atoms. The molecule has 0 aliphatic heterocycles. The number of carbonyl (C=O) groups excluding carboxylic acids is 2. The number of nitrogens with one attached hydrogen (secondary N) is 2. The molecule has 5 heteroatoms. The molecular weight excluding hydrogens is 304 g/mol. The second kappa shape index (κ2) is 9.96. The first kappa shape index (κ1) is 20.0. The fourth-order valence-corrected chi connectivity index (χ4v) is 2.13. The molecule has 134 valence electrons. The van der Waals surface area contributed by atoms with E-state index in [4.69, 9.17) is 4.74 Å². The van der Waals surface area contributed by atoms with E-state index in [0.29, 0.717) is 13.0 Å². The van der Waals surface area contributed by atoms with Gasteiger partial charge in [-0.15, -0.1) is 0 Å². The van der Waals surface area contributed by atoms with E-state index in [9.17, 15) is 9.59 Å². The predicted molar refractivity (Wildman–Crippen MR) is 96.9 cm³/mol. The van der Waals surface area contributed by atoms with Crippen LogP contribution in [0, 0.1) is 0 Å². The van der Waals surface area contributed by atoms with Gasteiger partial charge in [0, 0.05) is 18.7 Å². The fourth-order valence-electron chi connectivity index (χ4n) is 2.13. The number of anilines is 1. The number of benzene rings is 1. The highest BCUT2D eigenvalue weighted by atomic mass is 16.6. The Morgan fingerprint density at radius 3 is 2.29 bits per heavy atom. The smallest absolute Gasteiger partial charge is 0.407 e. The molecule has 0 aliphatic carbocycles. The summed E-state index contributed by atoms with van der Waals surface area (Å²) in [6.45, 7) is 8.02. The molecule has 2 N–H and O–H groups in total. The summed E-state index contributed by atoms with van der Waals surface area (Å²) in [4.78, 5) is 23.4. The molecule has 0 atom stereocenters. The third-order valence-electron chi connectivity index (χ3n) is 3.33. The summed E-state index contributed by atoms with van der Waals surface area (Å²) >= 11 is 0. The maximum Gasteiger partial charge on any atom is 0.407 e. The zero-order valence-electron chi connectivity index (χ0n) is 15.3. The van der Waals surface area contributed by atoms with Gasteiger partial charge in [0.15, 0.2) is 0 Å². The second-order valence-electron chi connectivity index (χ2n) is 6.91. The highest BCUT2D eigenvalue weighted by Crippen LogP contribution is 2.12. The standard InChI is InChI=1S/C19H30N2O3/c1-5-6-7-8-9-17(22)21-16-12-10-15(11-13-16)14-20-18(23)24-19(2,3)4/h10-13H,5-9,14H2,1-4H3,(H,20,23)(H,21,22). The lowest BCUT2D eigenvalue weighted by molar-refractivity contribution is -0.116. The largest absolute Gasteiger partial charge is 0.444 e. The van der Waals surface area contributed by atoms with Crippen LogP contribution in [-0.2, 0) is 16.1 Å². The van der Waals surface area contributed by atoms with Crippen LogP contribution >= 0.6 is 0 Å². The van der Waals surface area contributed by atoms with Crippen molar-refractivity contribution >= 4 is 17.7 Å². The Bertz CT molecular complexity index is 518. The van der Waals surface area contributed by atoms with Gasteiger partial charge in [-0.3, -0.25) is 4.79 Å². The van der Waals surface area contributed by atoms with Gasteiger partial charge in [0.25, 0.3) is 0 Å². The molecule has 0 fully saturated rings. The Morgan fingerprint density at radius 2 is 1.71 bits per heavy atom. The predicted octanol–water partition coefficient (Wildman–Crippen LogP) is 4.62. The highest BCUT2D eigenvalue weighted by molar-refractivity contribution is 5.90. The summed E-state index contributed by atoms with van der Waals surface area (Å²) in [5.41, 5.74) is 1.22. The number of carbonyl (C=O) groups is 2. The topological polar surface area (TPSA) is 67.4 Å². The van der Waals surface area contributed by atoms with Crippen LogP contribution in [0.1, 0.15) is 65.4 Å². The number of amides is 2. The second-order valence-corrected chi connectivity index (χ2v) is 6.91. The molecule has 1 aromatic rings. The van der Waals surface area contributed by atoms with E-state index in [-0.39, 0.29) is 5.91 Å². The summed E-state index contributed by atoms with van der Waals surface area (Å²) in [6.07, 6.45) is 4.48. The van der Waals surface area contributed by atoms with Crippen molar-refractivity contribution in [2.45, 2.75) is 71.9 Å². The van der Waals surface area contributed by atoms with Crippen molar-refractivity contribution in [2.75, 3.05) is 5.32 Å². The first-order valence-corrected chi connectivity index (χ1v) is 8.66. The van der Waals surface area contributed by atoms with Crippen LogP contribution < -0.4 is 10.6 Å². The molecule has 0 spiro atoms. The molecule has 0 aliphatic rings. The zero-order valence-corrected chi connectivity index (χ0v) is 15.3. The van der Waals surface area contributed by atoms with Crippen molar-refractivity contribution in [3.63, 3.8) is 0 Å². The lowest BCUT2D eigenvalue weighted by atomic mass is 10.1. The van der Waals surface area contributed by atoms with Gasteiger partial charge in [-0.1, -0.05) is 38.3 Å². The van der Waals surface area contributed by atoms with Crippen LogP contribution in [0.5, 0.6) is 0 Å². The Labute approximate surface area is 145 Å². The van der Waals surface area contributed by atoms with Crippen LogP contribution in [0.15, 0.2) is 24.3 Å². The Hall–Kier alpha value is -2.04. The van der Waals surface area contributed by atoms with E-state index in [0.717, 1.165) is 24.1 Å². The van der Waals surface area contributed by atoms with Crippen molar-refractivity contribution < 1.29 is 14.3 Å². The molecule has 2 amide bonds. The van der Waals surface area contributed by atoms with Gasteiger partial charge in [0.05, 0.1) is 0 Å². The molecule has 24 heavy (non-hydrogen) atoms. The average molecular weight is 334 g/mol. The summed E-state index contributed by atoms with van der Waals surface area (Å²) in [7, 11) is 0. The molecule has 0 saturated carbocycles. The highest BCUT2D eigenvalue weighted by Gasteiger charge is 2.15. The molecule has 0 heterocycles. The van der Waals surface area contributed by atoms with Crippen LogP contribution in [0.25, 0.3) is 0 Å². The first-order valence-electron chi connectivity index (χ1n) is 8.66. The number of rotatable bonds is 8. The summed E-state index contributed by atoms with van der Waals surface area (Å²) in [5.74, 6) is 0.0470. The van der Waals surface area contributed by atoms with E-state index in [2.05, 4.69) is 17.6 Å². The number of hydrogen-bond donors (Lipinski definition) is 2. The third-order valence-corrected chi connectivity index (χ3v) is 3.33. The van der Waals surface area contributed by atoms with Crippen molar-refractivity contribution in [1.82, 2.24) is 5.32 Å². The van der Waals surface area contributed by atoms with Crippen molar-refractivity contribution in [3.8, 4) is 0 Å². The zero-order chi connectivity index (χ0) is 18.0. The Morgan fingerprint density at radius 1 is 1.04 bits per heavy atom. The van der Waals surface area contributed by atoms with Crippen molar-refractivity contribution in [1.29, 1.82) is 0 Å². The lowest BCUT2D eigenvalue weighted by Gasteiger charge is -2.19. The Balaban J connectivity index is 2.35. The maximum atomic E-state index is 11.8. The lowest BCUT2D eigenvalue weighted by Crippen LogP contribution is -2.32. The van der Waals surface area contributed by atoms with Gasteiger partial charge >= 0.3 is 6.09 Å². The average Bonchev–Trinajstić information content (AvgIpc) is 2.49. The van der Waals surface area contributed by atoms with Crippen LogP contribution in [0.2, 0.25) is 0 Å². The van der Waals surface area contributed by atoms with Crippen LogP contribution in [0.3, 0.4) is 0 Å². The molecule has 0 aromatic heterocycles. The quantitative estimate of drug-likeness (QED) is 0.682. The van der Waals surface area contributed by atoms with E-state index in [1.54, 1.807) is 0 Å². The van der Waals surface area contributed by atoms with Gasteiger partial charge in [0.2, 0.25) is 5.91 Å². The molecule has 0 saturated heterocycles. The molecular formula is C19H30N2O3. The summed E-state index contributed by atoms with van der Waals surface area (Å²) in [5, 5.41) is 5.60. The van der Waals surface area contributed by atoms with Gasteiger partial charge in [-0.25, -0.2) is 4.79 Å². The van der Waals surface area contributed by atoms with Crippen molar-refractivity contribution in [2.24, 2.45) is 0 Å². The monoisotopic (exact) mass is 334 g/mol. The number of hydrogen-bond acceptors (Lipinski definition) is 3. The van der Waals surface area contributed by atoms with E-state index >= 15 is 0 Å². The number of alkyl carbamates (subject to hydrolysis) is 1. The molecule has 1 aromatic carbocycles. The van der Waals surface area contributed by atoms with Crippen molar-refractivity contribution in [3.05, 3.63) is 29.8 Å². The molecule has 0 unspecified atom stereocenters. The van der Waals surface area contributed by atoms with E-state index < -0.39 is 11.7 Å².